The molecule has 1 atom stereocenters. The predicted molar refractivity (Wildman–Crippen MR) is 70.6 cm³/mol. The SMILES string of the molecule is CC(=O)SCC1CC(=O)N(c2nccc(C(F)(F)F)n2)C1. The summed E-state index contributed by atoms with van der Waals surface area (Å²) in [7, 11) is 0. The highest BCUT2D eigenvalue weighted by Crippen LogP contribution is 2.30. The van der Waals surface area contributed by atoms with Gasteiger partial charge in [0.1, 0.15) is 5.69 Å². The second-order valence-corrected chi connectivity index (χ2v) is 5.81. The highest BCUT2D eigenvalue weighted by molar-refractivity contribution is 8.13. The Morgan fingerprint density at radius 2 is 2.24 bits per heavy atom. The number of rotatable bonds is 3. The van der Waals surface area contributed by atoms with Crippen LogP contribution >= 0.6 is 11.8 Å². The molecule has 0 spiro atoms. The Labute approximate surface area is 122 Å². The Morgan fingerprint density at radius 1 is 1.52 bits per heavy atom. The van der Waals surface area contributed by atoms with Gasteiger partial charge in [0.15, 0.2) is 5.12 Å². The highest BCUT2D eigenvalue weighted by Gasteiger charge is 2.36. The van der Waals surface area contributed by atoms with Crippen molar-refractivity contribution >= 4 is 28.7 Å². The van der Waals surface area contributed by atoms with Crippen molar-refractivity contribution in [3.63, 3.8) is 0 Å². The third-order valence-electron chi connectivity index (χ3n) is 2.90. The molecule has 1 saturated heterocycles. The summed E-state index contributed by atoms with van der Waals surface area (Å²) in [5.74, 6) is -0.213. The van der Waals surface area contributed by atoms with Gasteiger partial charge < -0.3 is 0 Å². The van der Waals surface area contributed by atoms with Crippen LogP contribution in [0.25, 0.3) is 0 Å². The molecule has 1 aliphatic rings. The van der Waals surface area contributed by atoms with Crippen molar-refractivity contribution in [2.24, 2.45) is 5.92 Å². The van der Waals surface area contributed by atoms with Gasteiger partial charge in [-0.25, -0.2) is 9.97 Å². The molecule has 5 nitrogen and oxygen atoms in total. The first-order valence-corrected chi connectivity index (χ1v) is 7.10. The van der Waals surface area contributed by atoms with Crippen LogP contribution in [0.5, 0.6) is 0 Å². The Morgan fingerprint density at radius 3 is 2.86 bits per heavy atom. The largest absolute Gasteiger partial charge is 0.433 e. The molecule has 0 bridgehead atoms. The van der Waals surface area contributed by atoms with Gasteiger partial charge in [0.25, 0.3) is 0 Å². The van der Waals surface area contributed by atoms with Gasteiger partial charge in [-0.3, -0.25) is 14.5 Å². The highest BCUT2D eigenvalue weighted by atomic mass is 32.2. The Balaban J connectivity index is 2.12. The quantitative estimate of drug-likeness (QED) is 0.854. The van der Waals surface area contributed by atoms with Gasteiger partial charge in [-0.1, -0.05) is 11.8 Å². The summed E-state index contributed by atoms with van der Waals surface area (Å²) in [5, 5.41) is -0.0591. The molecule has 21 heavy (non-hydrogen) atoms. The van der Waals surface area contributed by atoms with Crippen LogP contribution in [0.4, 0.5) is 19.1 Å². The summed E-state index contributed by atoms with van der Waals surface area (Å²) < 4.78 is 37.8. The van der Waals surface area contributed by atoms with E-state index in [1.165, 1.54) is 6.92 Å². The monoisotopic (exact) mass is 319 g/mol. The second kappa shape index (κ2) is 6.00. The molecule has 0 N–H and O–H groups in total. The van der Waals surface area contributed by atoms with Gasteiger partial charge in [0, 0.05) is 31.8 Å². The lowest BCUT2D eigenvalue weighted by atomic mass is 10.1. The summed E-state index contributed by atoms with van der Waals surface area (Å²) in [6.07, 6.45) is -3.42. The van der Waals surface area contributed by atoms with Gasteiger partial charge in [-0.05, 0) is 12.0 Å². The van der Waals surface area contributed by atoms with Crippen molar-refractivity contribution in [1.29, 1.82) is 0 Å². The molecule has 0 saturated carbocycles. The van der Waals surface area contributed by atoms with E-state index in [-0.39, 0.29) is 35.9 Å². The normalized spacial score (nSPS) is 19.1. The Hall–Kier alpha value is -1.64. The zero-order chi connectivity index (χ0) is 15.6. The van der Waals surface area contributed by atoms with Crippen molar-refractivity contribution in [2.45, 2.75) is 19.5 Å². The smallest absolute Gasteiger partial charge is 0.288 e. The van der Waals surface area contributed by atoms with Gasteiger partial charge in [0.05, 0.1) is 0 Å². The van der Waals surface area contributed by atoms with E-state index in [0.29, 0.717) is 5.75 Å². The van der Waals surface area contributed by atoms with Crippen LogP contribution in [0.15, 0.2) is 12.3 Å². The van der Waals surface area contributed by atoms with E-state index in [1.807, 2.05) is 0 Å². The fraction of sp³-hybridized carbons (Fsp3) is 0.500. The lowest BCUT2D eigenvalue weighted by Crippen LogP contribution is -2.27. The molecule has 1 unspecified atom stereocenters. The first-order valence-electron chi connectivity index (χ1n) is 6.11. The van der Waals surface area contributed by atoms with Gasteiger partial charge >= 0.3 is 6.18 Å². The summed E-state index contributed by atoms with van der Waals surface area (Å²) in [6, 6.07) is 0.757. The van der Waals surface area contributed by atoms with Gasteiger partial charge in [-0.15, -0.1) is 0 Å². The van der Waals surface area contributed by atoms with Crippen molar-refractivity contribution in [2.75, 3.05) is 17.2 Å². The number of thioether (sulfide) groups is 1. The average Bonchev–Trinajstić information content (AvgIpc) is 2.77. The third-order valence-corrected chi connectivity index (χ3v) is 3.95. The van der Waals surface area contributed by atoms with E-state index in [0.717, 1.165) is 28.9 Å². The van der Waals surface area contributed by atoms with E-state index in [1.54, 1.807) is 0 Å². The lowest BCUT2D eigenvalue weighted by Gasteiger charge is -2.15. The first kappa shape index (κ1) is 15.7. The first-order chi connectivity index (χ1) is 9.77. The van der Waals surface area contributed by atoms with Gasteiger partial charge in [0.2, 0.25) is 11.9 Å². The molecule has 1 aromatic heterocycles. The minimum Gasteiger partial charge on any atom is -0.288 e. The topological polar surface area (TPSA) is 63.2 Å². The molecule has 0 aromatic carbocycles. The number of amides is 1. The zero-order valence-electron chi connectivity index (χ0n) is 11.1. The molecule has 1 amide bonds. The van der Waals surface area contributed by atoms with Crippen LogP contribution in [-0.4, -0.2) is 33.3 Å². The molecule has 1 aliphatic heterocycles. The molecular weight excluding hydrogens is 307 g/mol. The number of nitrogens with zero attached hydrogens (tertiary/aromatic N) is 3. The number of anilines is 1. The predicted octanol–water partition coefficient (Wildman–Crippen LogP) is 2.13. The standard InChI is InChI=1S/C12H12F3N3O2S/c1-7(19)21-6-8-4-10(20)18(5-8)11-16-3-2-9(17-11)12(13,14)15/h2-3,8H,4-6H2,1H3. The molecule has 114 valence electrons. The molecule has 1 aromatic rings. The molecule has 1 fully saturated rings. The lowest BCUT2D eigenvalue weighted by molar-refractivity contribution is -0.141. The number of alkyl halides is 3. The molecule has 0 aliphatic carbocycles. The van der Waals surface area contributed by atoms with E-state index < -0.39 is 11.9 Å². The summed E-state index contributed by atoms with van der Waals surface area (Å²) in [5.41, 5.74) is -1.08. The van der Waals surface area contributed by atoms with Crippen molar-refractivity contribution in [1.82, 2.24) is 9.97 Å². The second-order valence-electron chi connectivity index (χ2n) is 4.62. The molecule has 2 heterocycles. The average molecular weight is 319 g/mol. The molecule has 0 radical (unpaired) electrons. The fourth-order valence-corrected chi connectivity index (χ4v) is 2.65. The fourth-order valence-electron chi connectivity index (χ4n) is 1.96. The van der Waals surface area contributed by atoms with Crippen LogP contribution < -0.4 is 4.90 Å². The maximum atomic E-state index is 12.6. The third kappa shape index (κ3) is 3.93. The Bertz CT molecular complexity index is 565. The summed E-state index contributed by atoms with van der Waals surface area (Å²) >= 11 is 1.10. The summed E-state index contributed by atoms with van der Waals surface area (Å²) in [6.45, 7) is 1.65. The number of carbonyl (C=O) groups excluding carboxylic acids is 2. The number of hydrogen-bond donors (Lipinski definition) is 0. The number of carbonyl (C=O) groups is 2. The Kier molecular flexibility index (Phi) is 4.50. The zero-order valence-corrected chi connectivity index (χ0v) is 11.9. The minimum absolute atomic E-state index is 0.0591. The minimum atomic E-state index is -4.58. The molecule has 9 heteroatoms. The van der Waals surface area contributed by atoms with Crippen LogP contribution in [-0.2, 0) is 15.8 Å². The number of hydrogen-bond acceptors (Lipinski definition) is 5. The van der Waals surface area contributed by atoms with E-state index in [4.69, 9.17) is 0 Å². The van der Waals surface area contributed by atoms with Crippen LogP contribution in [0.3, 0.4) is 0 Å². The van der Waals surface area contributed by atoms with Gasteiger partial charge in [-0.2, -0.15) is 13.2 Å². The van der Waals surface area contributed by atoms with E-state index in [2.05, 4.69) is 9.97 Å². The number of halogens is 3. The molecule has 2 rings (SSSR count). The summed E-state index contributed by atoms with van der Waals surface area (Å²) in [4.78, 5) is 31.0. The van der Waals surface area contributed by atoms with Crippen LogP contribution in [0.2, 0.25) is 0 Å². The van der Waals surface area contributed by atoms with Crippen molar-refractivity contribution in [3.05, 3.63) is 18.0 Å². The van der Waals surface area contributed by atoms with Crippen molar-refractivity contribution in [3.8, 4) is 0 Å². The number of aromatic nitrogens is 2. The van der Waals surface area contributed by atoms with E-state index in [9.17, 15) is 22.8 Å². The molecular formula is C12H12F3N3O2S. The van der Waals surface area contributed by atoms with Crippen LogP contribution in [0, 0.1) is 5.92 Å². The van der Waals surface area contributed by atoms with Crippen molar-refractivity contribution < 1.29 is 22.8 Å². The van der Waals surface area contributed by atoms with E-state index >= 15 is 0 Å². The van der Waals surface area contributed by atoms with Crippen LogP contribution in [0.1, 0.15) is 19.0 Å². The maximum absolute atomic E-state index is 12.6. The maximum Gasteiger partial charge on any atom is 0.433 e.